The van der Waals surface area contributed by atoms with E-state index in [1.807, 2.05) is 6.92 Å². The van der Waals surface area contributed by atoms with Crippen molar-refractivity contribution in [3.05, 3.63) is 11.7 Å². The van der Waals surface area contributed by atoms with Crippen LogP contribution < -0.4 is 5.73 Å². The van der Waals surface area contributed by atoms with Gasteiger partial charge in [0.2, 0.25) is 11.7 Å². The third-order valence-electron chi connectivity index (χ3n) is 4.30. The molecule has 1 aliphatic carbocycles. The molecule has 2 rings (SSSR count). The van der Waals surface area contributed by atoms with Crippen LogP contribution in [0.3, 0.4) is 0 Å². The average molecular weight is 281 g/mol. The summed E-state index contributed by atoms with van der Waals surface area (Å²) in [5.41, 5.74) is 5.91. The summed E-state index contributed by atoms with van der Waals surface area (Å²) in [4.78, 5) is 4.63. The predicted molar refractivity (Wildman–Crippen MR) is 77.4 cm³/mol. The van der Waals surface area contributed by atoms with Crippen LogP contribution in [0.1, 0.15) is 76.6 Å². The van der Waals surface area contributed by atoms with Gasteiger partial charge in [0.15, 0.2) is 0 Å². The molecule has 1 aliphatic rings. The first-order valence-corrected chi connectivity index (χ1v) is 7.91. The summed E-state index contributed by atoms with van der Waals surface area (Å²) in [5, 5.41) is 4.16. The highest BCUT2D eigenvalue weighted by Gasteiger charge is 2.38. The monoisotopic (exact) mass is 281 g/mol. The molecule has 0 saturated heterocycles. The Balaban J connectivity index is 2.17. The Bertz CT molecular complexity index is 394. The zero-order chi connectivity index (χ0) is 14.4. The van der Waals surface area contributed by atoms with Gasteiger partial charge >= 0.3 is 0 Å². The third kappa shape index (κ3) is 3.20. The van der Waals surface area contributed by atoms with E-state index in [2.05, 4.69) is 17.1 Å². The second-order valence-corrected chi connectivity index (χ2v) is 5.74. The second kappa shape index (κ2) is 7.18. The molecule has 1 aromatic rings. The van der Waals surface area contributed by atoms with Gasteiger partial charge in [-0.25, -0.2) is 0 Å². The molecule has 5 nitrogen and oxygen atoms in total. The van der Waals surface area contributed by atoms with Crippen molar-refractivity contribution in [1.82, 2.24) is 10.1 Å². The Labute approximate surface area is 121 Å². The first kappa shape index (κ1) is 15.4. The molecule has 1 aromatic heterocycles. The van der Waals surface area contributed by atoms with Crippen LogP contribution in [0.15, 0.2) is 4.52 Å². The number of hydrogen-bond donors (Lipinski definition) is 1. The van der Waals surface area contributed by atoms with Crippen LogP contribution in [0, 0.1) is 0 Å². The van der Waals surface area contributed by atoms with E-state index < -0.39 is 0 Å². The van der Waals surface area contributed by atoms with Gasteiger partial charge in [0.25, 0.3) is 0 Å². The molecule has 0 aliphatic heterocycles. The molecule has 1 fully saturated rings. The number of hydrogen-bond acceptors (Lipinski definition) is 5. The van der Waals surface area contributed by atoms with E-state index in [0.717, 1.165) is 31.6 Å². The first-order chi connectivity index (χ1) is 9.75. The zero-order valence-electron chi connectivity index (χ0n) is 12.7. The summed E-state index contributed by atoms with van der Waals surface area (Å²) in [5.74, 6) is 1.40. The van der Waals surface area contributed by atoms with Crippen LogP contribution in [0.25, 0.3) is 0 Å². The highest BCUT2D eigenvalue weighted by atomic mass is 16.5. The summed E-state index contributed by atoms with van der Waals surface area (Å²) >= 11 is 0. The Hall–Kier alpha value is -0.940. The number of ether oxygens (including phenoxy) is 1. The lowest BCUT2D eigenvalue weighted by atomic mass is 9.74. The second-order valence-electron chi connectivity index (χ2n) is 5.74. The Morgan fingerprint density at radius 1 is 1.30 bits per heavy atom. The maximum Gasteiger partial charge on any atom is 0.234 e. The van der Waals surface area contributed by atoms with Crippen LogP contribution in [0.5, 0.6) is 0 Å². The molecule has 114 valence electrons. The number of rotatable bonds is 7. The van der Waals surface area contributed by atoms with Gasteiger partial charge in [-0.2, -0.15) is 4.98 Å². The van der Waals surface area contributed by atoms with Gasteiger partial charge < -0.3 is 15.0 Å². The first-order valence-electron chi connectivity index (χ1n) is 7.91. The fraction of sp³-hybridized carbons (Fsp3) is 0.867. The molecule has 1 atom stereocenters. The number of aromatic nitrogens is 2. The molecule has 0 bridgehead atoms. The van der Waals surface area contributed by atoms with Gasteiger partial charge in [-0.1, -0.05) is 37.8 Å². The van der Waals surface area contributed by atoms with E-state index in [1.165, 1.54) is 19.3 Å². The zero-order valence-corrected chi connectivity index (χ0v) is 12.7. The lowest BCUT2D eigenvalue weighted by Crippen LogP contribution is -2.37. The normalized spacial score (nSPS) is 19.9. The van der Waals surface area contributed by atoms with Crippen molar-refractivity contribution in [2.45, 2.75) is 70.3 Å². The van der Waals surface area contributed by atoms with E-state index >= 15 is 0 Å². The lowest BCUT2D eigenvalue weighted by molar-refractivity contribution is 0.0477. The van der Waals surface area contributed by atoms with Crippen molar-refractivity contribution in [1.29, 1.82) is 0 Å². The van der Waals surface area contributed by atoms with Crippen molar-refractivity contribution in [2.75, 3.05) is 13.2 Å². The fourth-order valence-electron chi connectivity index (χ4n) is 3.07. The Morgan fingerprint density at radius 2 is 2.05 bits per heavy atom. The van der Waals surface area contributed by atoms with Crippen molar-refractivity contribution in [3.8, 4) is 0 Å². The minimum atomic E-state index is -0.105. The van der Waals surface area contributed by atoms with E-state index in [1.54, 1.807) is 0 Å². The van der Waals surface area contributed by atoms with Crippen LogP contribution in [0.2, 0.25) is 0 Å². The standard InChI is InChI=1S/C15H27N3O2/c1-3-8-12(19-4-2)13-17-14(20-18-13)15(11-16)9-6-5-7-10-15/h12H,3-11,16H2,1-2H3. The highest BCUT2D eigenvalue weighted by molar-refractivity contribution is 5.08. The summed E-state index contributed by atoms with van der Waals surface area (Å²) in [6.45, 7) is 5.37. The van der Waals surface area contributed by atoms with Crippen molar-refractivity contribution < 1.29 is 9.26 Å². The van der Waals surface area contributed by atoms with E-state index in [0.29, 0.717) is 19.0 Å². The molecule has 1 unspecified atom stereocenters. The van der Waals surface area contributed by atoms with Crippen LogP contribution >= 0.6 is 0 Å². The van der Waals surface area contributed by atoms with Gasteiger partial charge in [0.05, 0.1) is 5.41 Å². The maximum atomic E-state index is 6.01. The van der Waals surface area contributed by atoms with E-state index in [9.17, 15) is 0 Å². The van der Waals surface area contributed by atoms with E-state index in [4.69, 9.17) is 15.0 Å². The maximum absolute atomic E-state index is 6.01. The molecular weight excluding hydrogens is 254 g/mol. The fourth-order valence-corrected chi connectivity index (χ4v) is 3.07. The molecule has 1 heterocycles. The largest absolute Gasteiger partial charge is 0.370 e. The summed E-state index contributed by atoms with van der Waals surface area (Å²) in [6, 6.07) is 0. The van der Waals surface area contributed by atoms with E-state index in [-0.39, 0.29) is 11.5 Å². The minimum absolute atomic E-state index is 0.0547. The Morgan fingerprint density at radius 3 is 2.65 bits per heavy atom. The van der Waals surface area contributed by atoms with Gasteiger partial charge in [0.1, 0.15) is 6.10 Å². The molecule has 0 aromatic carbocycles. The van der Waals surface area contributed by atoms with Gasteiger partial charge in [-0.3, -0.25) is 0 Å². The molecule has 1 saturated carbocycles. The van der Waals surface area contributed by atoms with Crippen molar-refractivity contribution >= 4 is 0 Å². The average Bonchev–Trinajstić information content (AvgIpc) is 2.98. The highest BCUT2D eigenvalue weighted by Crippen LogP contribution is 2.38. The van der Waals surface area contributed by atoms with Gasteiger partial charge in [-0.05, 0) is 26.2 Å². The van der Waals surface area contributed by atoms with Crippen LogP contribution in [-0.4, -0.2) is 23.3 Å². The Kier molecular flexibility index (Phi) is 5.54. The van der Waals surface area contributed by atoms with Crippen LogP contribution in [0.4, 0.5) is 0 Å². The summed E-state index contributed by atoms with van der Waals surface area (Å²) in [7, 11) is 0. The van der Waals surface area contributed by atoms with Gasteiger partial charge in [-0.15, -0.1) is 0 Å². The lowest BCUT2D eigenvalue weighted by Gasteiger charge is -2.32. The molecule has 2 N–H and O–H groups in total. The number of nitrogens with zero attached hydrogens (tertiary/aromatic N) is 2. The summed E-state index contributed by atoms with van der Waals surface area (Å²) in [6.07, 6.45) is 7.67. The van der Waals surface area contributed by atoms with Crippen molar-refractivity contribution in [2.24, 2.45) is 5.73 Å². The van der Waals surface area contributed by atoms with Crippen molar-refractivity contribution in [3.63, 3.8) is 0 Å². The number of nitrogens with two attached hydrogens (primary N) is 1. The van der Waals surface area contributed by atoms with Gasteiger partial charge in [0, 0.05) is 13.2 Å². The molecule has 0 amide bonds. The molecule has 0 radical (unpaired) electrons. The molecule has 0 spiro atoms. The summed E-state index contributed by atoms with van der Waals surface area (Å²) < 4.78 is 11.3. The SMILES string of the molecule is CCCC(OCC)c1noc(C2(CN)CCCCC2)n1. The third-order valence-corrected chi connectivity index (χ3v) is 4.30. The smallest absolute Gasteiger partial charge is 0.234 e. The topological polar surface area (TPSA) is 74.2 Å². The minimum Gasteiger partial charge on any atom is -0.370 e. The molecular formula is C15H27N3O2. The van der Waals surface area contributed by atoms with Crippen LogP contribution in [-0.2, 0) is 10.2 Å². The molecule has 20 heavy (non-hydrogen) atoms. The molecule has 5 heteroatoms. The predicted octanol–water partition coefficient (Wildman–Crippen LogP) is 3.11. The quantitative estimate of drug-likeness (QED) is 0.831.